The van der Waals surface area contributed by atoms with E-state index in [0.717, 1.165) is 19.4 Å². The van der Waals surface area contributed by atoms with Gasteiger partial charge < -0.3 is 14.9 Å². The third-order valence-electron chi connectivity index (χ3n) is 4.94. The van der Waals surface area contributed by atoms with E-state index in [0.29, 0.717) is 26.1 Å². The van der Waals surface area contributed by atoms with Crippen LogP contribution >= 0.6 is 0 Å². The molecule has 2 rings (SSSR count). The van der Waals surface area contributed by atoms with Gasteiger partial charge in [-0.2, -0.15) is 0 Å². The largest absolute Gasteiger partial charge is 0.387 e. The fourth-order valence-corrected chi connectivity index (χ4v) is 3.61. The van der Waals surface area contributed by atoms with Gasteiger partial charge in [0.05, 0.1) is 17.7 Å². The van der Waals surface area contributed by atoms with E-state index in [-0.39, 0.29) is 11.4 Å². The van der Waals surface area contributed by atoms with Gasteiger partial charge in [0.15, 0.2) is 0 Å². The molecule has 0 aromatic heterocycles. The highest BCUT2D eigenvalue weighted by molar-refractivity contribution is 5.86. The first-order chi connectivity index (χ1) is 9.27. The van der Waals surface area contributed by atoms with Crippen LogP contribution in [0.25, 0.3) is 0 Å². The average Bonchev–Trinajstić information content (AvgIpc) is 2.73. The third kappa shape index (κ3) is 3.00. The number of likely N-dealkylation sites (N-methyl/N-ethyl adjacent to an activating group) is 2. The van der Waals surface area contributed by atoms with Gasteiger partial charge in [-0.15, -0.1) is 0 Å². The lowest BCUT2D eigenvalue weighted by atomic mass is 9.87. The summed E-state index contributed by atoms with van der Waals surface area (Å²) in [4.78, 5) is 18.9. The van der Waals surface area contributed by atoms with Crippen LogP contribution in [0.1, 0.15) is 32.6 Å². The van der Waals surface area contributed by atoms with Gasteiger partial charge in [0.2, 0.25) is 5.91 Å². The van der Waals surface area contributed by atoms with E-state index in [2.05, 4.69) is 11.8 Å². The summed E-state index contributed by atoms with van der Waals surface area (Å²) in [6.07, 6.45) is 3.88. The molecule has 5 heteroatoms. The lowest BCUT2D eigenvalue weighted by molar-refractivity contribution is -0.145. The Morgan fingerprint density at radius 2 is 1.95 bits per heavy atom. The number of carbonyl (C=O) groups excluding carboxylic acids is 1. The maximum absolute atomic E-state index is 12.9. The molecule has 1 N–H and O–H groups in total. The predicted octanol–water partition coefficient (Wildman–Crippen LogP) is 0.386. The standard InChI is InChI=1S/C15H29N3O2/c1-14(7-5-6-9-17(14)4)13(19)18-10-8-15(20,12-18)11-16(2)3/h20H,5-12H2,1-4H3/t14-,15+/m0/s1. The first-order valence-corrected chi connectivity index (χ1v) is 7.65. The van der Waals surface area contributed by atoms with Gasteiger partial charge in [0, 0.05) is 13.1 Å². The van der Waals surface area contributed by atoms with Crippen LogP contribution in [0, 0.1) is 0 Å². The predicted molar refractivity (Wildman–Crippen MR) is 79.6 cm³/mol. The highest BCUT2D eigenvalue weighted by Crippen LogP contribution is 2.31. The van der Waals surface area contributed by atoms with E-state index >= 15 is 0 Å². The zero-order chi connectivity index (χ0) is 15.0. The SMILES string of the molecule is CN(C)C[C@]1(O)CCN(C(=O)[C@]2(C)CCCCN2C)C1. The average molecular weight is 283 g/mol. The number of β-amino-alcohol motifs (C(OH)–C–C–N with tert-alkyl or cyclic N) is 1. The maximum atomic E-state index is 12.9. The molecule has 2 fully saturated rings. The molecule has 0 radical (unpaired) electrons. The van der Waals surface area contributed by atoms with Crippen LogP contribution in [0.3, 0.4) is 0 Å². The smallest absolute Gasteiger partial charge is 0.242 e. The second-order valence-electron chi connectivity index (χ2n) is 7.09. The van der Waals surface area contributed by atoms with E-state index in [1.807, 2.05) is 30.9 Å². The molecule has 0 saturated carbocycles. The van der Waals surface area contributed by atoms with Crippen LogP contribution in [0.2, 0.25) is 0 Å². The number of hydrogen-bond donors (Lipinski definition) is 1. The van der Waals surface area contributed by atoms with Crippen molar-refractivity contribution in [1.29, 1.82) is 0 Å². The molecule has 0 aromatic carbocycles. The summed E-state index contributed by atoms with van der Waals surface area (Å²) >= 11 is 0. The van der Waals surface area contributed by atoms with Gasteiger partial charge >= 0.3 is 0 Å². The van der Waals surface area contributed by atoms with Crippen molar-refractivity contribution in [3.8, 4) is 0 Å². The maximum Gasteiger partial charge on any atom is 0.242 e. The zero-order valence-corrected chi connectivity index (χ0v) is 13.4. The van der Waals surface area contributed by atoms with E-state index < -0.39 is 5.60 Å². The summed E-state index contributed by atoms with van der Waals surface area (Å²) in [5.74, 6) is 0.189. The van der Waals surface area contributed by atoms with Crippen LogP contribution in [0.5, 0.6) is 0 Å². The van der Waals surface area contributed by atoms with Crippen LogP contribution in [0.4, 0.5) is 0 Å². The molecule has 2 saturated heterocycles. The molecular formula is C15H29N3O2. The number of rotatable bonds is 3. The molecule has 2 heterocycles. The fraction of sp³-hybridized carbons (Fsp3) is 0.933. The molecule has 5 nitrogen and oxygen atoms in total. The Kier molecular flexibility index (Phi) is 4.42. The van der Waals surface area contributed by atoms with Crippen molar-refractivity contribution in [2.45, 2.75) is 43.7 Å². The summed E-state index contributed by atoms with van der Waals surface area (Å²) in [5, 5.41) is 10.6. The molecular weight excluding hydrogens is 254 g/mol. The lowest BCUT2D eigenvalue weighted by Gasteiger charge is -2.43. The summed E-state index contributed by atoms with van der Waals surface area (Å²) in [6, 6.07) is 0. The van der Waals surface area contributed by atoms with Gasteiger partial charge in [0.1, 0.15) is 0 Å². The molecule has 116 valence electrons. The third-order valence-corrected chi connectivity index (χ3v) is 4.94. The van der Waals surface area contributed by atoms with Crippen molar-refractivity contribution < 1.29 is 9.90 Å². The topological polar surface area (TPSA) is 47.0 Å². The van der Waals surface area contributed by atoms with Gasteiger partial charge in [0.25, 0.3) is 0 Å². The van der Waals surface area contributed by atoms with Crippen LogP contribution in [-0.2, 0) is 4.79 Å². The zero-order valence-electron chi connectivity index (χ0n) is 13.4. The molecule has 1 amide bonds. The highest BCUT2D eigenvalue weighted by Gasteiger charge is 2.46. The first kappa shape index (κ1) is 15.7. The highest BCUT2D eigenvalue weighted by atomic mass is 16.3. The molecule has 2 aliphatic heterocycles. The van der Waals surface area contributed by atoms with Crippen molar-refractivity contribution in [3.63, 3.8) is 0 Å². The van der Waals surface area contributed by atoms with E-state index in [1.165, 1.54) is 6.42 Å². The minimum absolute atomic E-state index is 0.189. The monoisotopic (exact) mass is 283 g/mol. The molecule has 0 unspecified atom stereocenters. The number of piperidine rings is 1. The van der Waals surface area contributed by atoms with Gasteiger partial charge in [-0.3, -0.25) is 9.69 Å². The number of aliphatic hydroxyl groups is 1. The minimum Gasteiger partial charge on any atom is -0.387 e. The number of carbonyl (C=O) groups is 1. The Labute approximate surface area is 122 Å². The van der Waals surface area contributed by atoms with Crippen molar-refractivity contribution in [3.05, 3.63) is 0 Å². The summed E-state index contributed by atoms with van der Waals surface area (Å²) < 4.78 is 0. The summed E-state index contributed by atoms with van der Waals surface area (Å²) in [6.45, 7) is 4.79. The van der Waals surface area contributed by atoms with Gasteiger partial charge in [-0.25, -0.2) is 0 Å². The minimum atomic E-state index is -0.747. The summed E-state index contributed by atoms with van der Waals surface area (Å²) in [5.41, 5.74) is -1.13. The second-order valence-corrected chi connectivity index (χ2v) is 7.09. The Morgan fingerprint density at radius 1 is 1.25 bits per heavy atom. The molecule has 0 spiro atoms. The normalized spacial score (nSPS) is 35.8. The van der Waals surface area contributed by atoms with E-state index in [1.54, 1.807) is 0 Å². The van der Waals surface area contributed by atoms with Crippen LogP contribution in [-0.4, -0.2) is 84.2 Å². The van der Waals surface area contributed by atoms with Gasteiger partial charge in [-0.05, 0) is 60.3 Å². The molecule has 0 aromatic rings. The second kappa shape index (κ2) is 5.62. The number of nitrogens with zero attached hydrogens (tertiary/aromatic N) is 3. The van der Waals surface area contributed by atoms with Crippen molar-refractivity contribution in [2.24, 2.45) is 0 Å². The lowest BCUT2D eigenvalue weighted by Crippen LogP contribution is -2.58. The Balaban J connectivity index is 2.04. The first-order valence-electron chi connectivity index (χ1n) is 7.65. The Bertz CT molecular complexity index is 374. The molecule has 2 atom stereocenters. The van der Waals surface area contributed by atoms with E-state index in [9.17, 15) is 9.90 Å². The van der Waals surface area contributed by atoms with Crippen molar-refractivity contribution in [1.82, 2.24) is 14.7 Å². The number of amides is 1. The number of likely N-dealkylation sites (tertiary alicyclic amines) is 2. The summed E-state index contributed by atoms with van der Waals surface area (Å²) in [7, 11) is 5.95. The molecule has 0 aliphatic carbocycles. The molecule has 20 heavy (non-hydrogen) atoms. The molecule has 0 bridgehead atoms. The number of hydrogen-bond acceptors (Lipinski definition) is 4. The van der Waals surface area contributed by atoms with Gasteiger partial charge in [-0.1, -0.05) is 0 Å². The molecule has 2 aliphatic rings. The van der Waals surface area contributed by atoms with Crippen LogP contribution < -0.4 is 0 Å². The van der Waals surface area contributed by atoms with Crippen molar-refractivity contribution >= 4 is 5.91 Å². The Hall–Kier alpha value is -0.650. The van der Waals surface area contributed by atoms with Crippen LogP contribution in [0.15, 0.2) is 0 Å². The quantitative estimate of drug-likeness (QED) is 0.814. The Morgan fingerprint density at radius 3 is 2.55 bits per heavy atom. The fourth-order valence-electron chi connectivity index (χ4n) is 3.61. The van der Waals surface area contributed by atoms with E-state index in [4.69, 9.17) is 0 Å². The van der Waals surface area contributed by atoms with Crippen molar-refractivity contribution in [2.75, 3.05) is 47.3 Å².